The Kier molecular flexibility index (Phi) is 1.83. The molecule has 0 saturated carbocycles. The number of hydrogen-bond acceptors (Lipinski definition) is 3. The molecule has 2 N–H and O–H groups in total. The van der Waals surface area contributed by atoms with Crippen LogP contribution in [0.4, 0.5) is 0 Å². The van der Waals surface area contributed by atoms with Crippen molar-refractivity contribution in [3.8, 4) is 0 Å². The molecule has 5 heteroatoms. The van der Waals surface area contributed by atoms with Gasteiger partial charge in [0.1, 0.15) is 5.65 Å². The Hall–Kier alpha value is -1.33. The number of pyridine rings is 1. The van der Waals surface area contributed by atoms with E-state index in [0.29, 0.717) is 11.2 Å². The summed E-state index contributed by atoms with van der Waals surface area (Å²) >= 11 is 0. The Labute approximate surface area is 75.6 Å². The van der Waals surface area contributed by atoms with Crippen LogP contribution in [0.3, 0.4) is 0 Å². The second-order valence-corrected chi connectivity index (χ2v) is 2.99. The van der Waals surface area contributed by atoms with Crippen LogP contribution in [-0.2, 0) is 0 Å². The lowest BCUT2D eigenvalue weighted by atomic mass is 9.87. The lowest BCUT2D eigenvalue weighted by Gasteiger charge is -2.00. The van der Waals surface area contributed by atoms with Crippen molar-refractivity contribution in [2.45, 2.75) is 6.92 Å². The lowest BCUT2D eigenvalue weighted by molar-refractivity contribution is 0.424. The summed E-state index contributed by atoms with van der Waals surface area (Å²) in [7, 11) is -1.48. The first-order valence-corrected chi connectivity index (χ1v) is 3.98. The molecule has 0 fully saturated rings. The van der Waals surface area contributed by atoms with E-state index in [0.717, 1.165) is 5.56 Å². The van der Waals surface area contributed by atoms with Crippen LogP contribution >= 0.6 is 0 Å². The smallest absolute Gasteiger partial charge is 0.422 e. The van der Waals surface area contributed by atoms with Crippen molar-refractivity contribution < 1.29 is 10.0 Å². The third-order valence-electron chi connectivity index (χ3n) is 1.95. The van der Waals surface area contributed by atoms with Crippen LogP contribution in [0, 0.1) is 6.92 Å². The topological polar surface area (TPSA) is 57.8 Å². The third kappa shape index (κ3) is 1.32. The average Bonchev–Trinajstić information content (AvgIpc) is 2.46. The predicted molar refractivity (Wildman–Crippen MR) is 49.8 cm³/mol. The van der Waals surface area contributed by atoms with Crippen LogP contribution in [0.25, 0.3) is 5.65 Å². The molecule has 2 heterocycles. The number of hydrogen-bond donors (Lipinski definition) is 2. The van der Waals surface area contributed by atoms with E-state index in [1.54, 1.807) is 4.40 Å². The van der Waals surface area contributed by atoms with Gasteiger partial charge in [-0.05, 0) is 18.6 Å². The van der Waals surface area contributed by atoms with Crippen LogP contribution < -0.4 is 5.59 Å². The lowest BCUT2D eigenvalue weighted by Crippen LogP contribution is -2.33. The number of rotatable bonds is 1. The quantitative estimate of drug-likeness (QED) is 0.566. The van der Waals surface area contributed by atoms with Gasteiger partial charge in [-0.25, -0.2) is 4.98 Å². The van der Waals surface area contributed by atoms with Crippen molar-refractivity contribution in [1.29, 1.82) is 0 Å². The fourth-order valence-corrected chi connectivity index (χ4v) is 1.30. The van der Waals surface area contributed by atoms with Gasteiger partial charge in [0, 0.05) is 12.4 Å². The van der Waals surface area contributed by atoms with Gasteiger partial charge in [-0.15, -0.1) is 0 Å². The third-order valence-corrected chi connectivity index (χ3v) is 1.95. The predicted octanol–water partition coefficient (Wildman–Crippen LogP) is -0.677. The summed E-state index contributed by atoms with van der Waals surface area (Å²) in [5.41, 5.74) is 2.15. The highest BCUT2D eigenvalue weighted by atomic mass is 16.4. The van der Waals surface area contributed by atoms with Crippen molar-refractivity contribution in [1.82, 2.24) is 9.38 Å². The van der Waals surface area contributed by atoms with E-state index in [9.17, 15) is 0 Å². The minimum atomic E-state index is -1.48. The molecule has 0 radical (unpaired) electrons. The summed E-state index contributed by atoms with van der Waals surface area (Å²) in [5.74, 6) is 0. The van der Waals surface area contributed by atoms with Crippen molar-refractivity contribution in [3.05, 3.63) is 30.1 Å². The van der Waals surface area contributed by atoms with E-state index in [1.807, 2.05) is 25.3 Å². The molecule has 66 valence electrons. The molecule has 0 aromatic carbocycles. The van der Waals surface area contributed by atoms with E-state index < -0.39 is 7.12 Å². The summed E-state index contributed by atoms with van der Waals surface area (Å²) in [6, 6.07) is 3.76. The van der Waals surface area contributed by atoms with E-state index >= 15 is 0 Å². The van der Waals surface area contributed by atoms with E-state index in [4.69, 9.17) is 10.0 Å². The number of nitrogens with zero attached hydrogens (tertiary/aromatic N) is 2. The maximum absolute atomic E-state index is 9.00. The number of aromatic nitrogens is 2. The first-order chi connectivity index (χ1) is 6.18. The molecule has 2 aromatic heterocycles. The molecule has 0 unspecified atom stereocenters. The fraction of sp³-hybridized carbons (Fsp3) is 0.125. The summed E-state index contributed by atoms with van der Waals surface area (Å²) in [5, 5.41) is 18.0. The van der Waals surface area contributed by atoms with Gasteiger partial charge < -0.3 is 14.4 Å². The zero-order valence-electron chi connectivity index (χ0n) is 7.18. The van der Waals surface area contributed by atoms with Gasteiger partial charge in [0.15, 0.2) is 0 Å². The standard InChI is InChI=1S/C8H9BN2O2/c1-6-2-3-8-10-4-7(9(12)13)11(8)5-6/h2-5,12-13H,1H3. The first kappa shape index (κ1) is 8.28. The Morgan fingerprint density at radius 3 is 2.85 bits per heavy atom. The zero-order valence-corrected chi connectivity index (χ0v) is 7.18. The van der Waals surface area contributed by atoms with Crippen molar-refractivity contribution in [2.75, 3.05) is 0 Å². The molecular formula is C8H9BN2O2. The SMILES string of the molecule is Cc1ccc2ncc(B(O)O)n2c1. The van der Waals surface area contributed by atoms with Gasteiger partial charge in [0.05, 0.1) is 5.59 Å². The van der Waals surface area contributed by atoms with Gasteiger partial charge in [-0.1, -0.05) is 6.07 Å². The van der Waals surface area contributed by atoms with Crippen LogP contribution in [-0.4, -0.2) is 26.6 Å². The zero-order chi connectivity index (χ0) is 9.42. The molecule has 2 rings (SSSR count). The Morgan fingerprint density at radius 2 is 2.15 bits per heavy atom. The van der Waals surface area contributed by atoms with Gasteiger partial charge in [-0.3, -0.25) is 0 Å². The molecule has 0 saturated heterocycles. The van der Waals surface area contributed by atoms with E-state index in [2.05, 4.69) is 4.98 Å². The van der Waals surface area contributed by atoms with Crippen molar-refractivity contribution >= 4 is 18.4 Å². The Bertz CT molecular complexity index is 439. The van der Waals surface area contributed by atoms with Crippen LogP contribution in [0.1, 0.15) is 5.56 Å². The van der Waals surface area contributed by atoms with Crippen LogP contribution in [0.2, 0.25) is 0 Å². The van der Waals surface area contributed by atoms with Gasteiger partial charge in [-0.2, -0.15) is 0 Å². The second kappa shape index (κ2) is 2.87. The molecular weight excluding hydrogens is 167 g/mol. The van der Waals surface area contributed by atoms with Gasteiger partial charge >= 0.3 is 7.12 Å². The van der Waals surface area contributed by atoms with Crippen LogP contribution in [0.5, 0.6) is 0 Å². The molecule has 0 aliphatic rings. The minimum absolute atomic E-state index is 0.388. The van der Waals surface area contributed by atoms with E-state index in [-0.39, 0.29) is 0 Å². The fourth-order valence-electron chi connectivity index (χ4n) is 1.30. The molecule has 0 aliphatic carbocycles. The maximum Gasteiger partial charge on any atom is 0.508 e. The van der Waals surface area contributed by atoms with Crippen molar-refractivity contribution in [3.63, 3.8) is 0 Å². The highest BCUT2D eigenvalue weighted by Gasteiger charge is 2.15. The highest BCUT2D eigenvalue weighted by molar-refractivity contribution is 6.57. The molecule has 0 aliphatic heterocycles. The summed E-state index contributed by atoms with van der Waals surface area (Å²) in [6.45, 7) is 1.94. The summed E-state index contributed by atoms with van der Waals surface area (Å²) < 4.78 is 1.67. The van der Waals surface area contributed by atoms with E-state index in [1.165, 1.54) is 6.20 Å². The molecule has 4 nitrogen and oxygen atoms in total. The van der Waals surface area contributed by atoms with Gasteiger partial charge in [0.25, 0.3) is 0 Å². The van der Waals surface area contributed by atoms with Gasteiger partial charge in [0.2, 0.25) is 0 Å². The Balaban J connectivity index is 2.71. The van der Waals surface area contributed by atoms with Crippen LogP contribution in [0.15, 0.2) is 24.5 Å². The highest BCUT2D eigenvalue weighted by Crippen LogP contribution is 2.01. The monoisotopic (exact) mass is 176 g/mol. The minimum Gasteiger partial charge on any atom is -0.422 e. The number of imidazole rings is 1. The Morgan fingerprint density at radius 1 is 1.38 bits per heavy atom. The molecule has 0 atom stereocenters. The molecule has 0 amide bonds. The normalized spacial score (nSPS) is 10.7. The average molecular weight is 176 g/mol. The largest absolute Gasteiger partial charge is 0.508 e. The maximum atomic E-state index is 9.00. The van der Waals surface area contributed by atoms with Crippen molar-refractivity contribution in [2.24, 2.45) is 0 Å². The first-order valence-electron chi connectivity index (χ1n) is 3.98. The molecule has 2 aromatic rings. The second-order valence-electron chi connectivity index (χ2n) is 2.99. The molecule has 0 bridgehead atoms. The molecule has 13 heavy (non-hydrogen) atoms. The number of fused-ring (bicyclic) bond motifs is 1. The molecule has 0 spiro atoms. The summed E-state index contributed by atoms with van der Waals surface area (Å²) in [6.07, 6.45) is 3.27. The number of aryl methyl sites for hydroxylation is 1. The summed E-state index contributed by atoms with van der Waals surface area (Å²) in [4.78, 5) is 4.02.